The quantitative estimate of drug-likeness (QED) is 0.0388. The average Bonchev–Trinajstić information content (AvgIpc) is 4.43. The van der Waals surface area contributed by atoms with Crippen molar-refractivity contribution >= 4 is 143 Å². The molecule has 0 aliphatic carbocycles. The van der Waals surface area contributed by atoms with Crippen molar-refractivity contribution in [2.24, 2.45) is 0 Å². The number of carbonyl (C=O) groups is 1. The molecule has 0 spiro atoms. The van der Waals surface area contributed by atoms with Gasteiger partial charge in [-0.3, -0.25) is 0 Å². The first-order chi connectivity index (χ1) is 40.3. The zero-order valence-corrected chi connectivity index (χ0v) is 49.7. The molecule has 12 heteroatoms. The molecule has 0 amide bonds. The van der Waals surface area contributed by atoms with Gasteiger partial charge in [-0.25, -0.2) is 4.79 Å². The third-order valence-electron chi connectivity index (χ3n) is 14.6. The van der Waals surface area contributed by atoms with E-state index < -0.39 is 5.97 Å². The number of benzene rings is 7. The SMILES string of the molecule is CCCCCCOc1cc(-c2sc(-c3cc4sc5cc(/C=C(/C#N)C(=O)O)sc5c4s3)cc2OCCCCCC)sc1-c1cc(N(c2ccccc2)c2cccc3ccccc23)cc(N(c2ccccc2)c2cccc3ccccc23)c1. The number of para-hydroxylation sites is 2. The van der Waals surface area contributed by atoms with Crippen LogP contribution in [0.1, 0.15) is 70.1 Å². The van der Waals surface area contributed by atoms with Gasteiger partial charge in [-0.05, 0) is 102 Å². The lowest BCUT2D eigenvalue weighted by Gasteiger charge is -2.31. The first-order valence-corrected chi connectivity index (χ1v) is 32.1. The minimum atomic E-state index is -1.22. The largest absolute Gasteiger partial charge is 0.492 e. The molecule has 5 heterocycles. The second-order valence-electron chi connectivity index (χ2n) is 20.2. The lowest BCUT2D eigenvalue weighted by atomic mass is 10.0. The molecule has 0 saturated carbocycles. The Morgan fingerprint density at radius 3 is 1.57 bits per heavy atom. The summed E-state index contributed by atoms with van der Waals surface area (Å²) in [5.74, 6) is 0.494. The Hall–Kier alpha value is -8.02. The van der Waals surface area contributed by atoms with Crippen molar-refractivity contribution in [3.63, 3.8) is 0 Å². The molecule has 12 aromatic rings. The summed E-state index contributed by atoms with van der Waals surface area (Å²) in [6.45, 7) is 5.69. The number of fused-ring (bicyclic) bond motifs is 5. The minimum Gasteiger partial charge on any atom is -0.492 e. The highest BCUT2D eigenvalue weighted by molar-refractivity contribution is 7.40. The maximum absolute atomic E-state index is 11.7. The van der Waals surface area contributed by atoms with Gasteiger partial charge in [0, 0.05) is 69.7 Å². The Morgan fingerprint density at radius 2 is 1.00 bits per heavy atom. The molecule has 7 nitrogen and oxygen atoms in total. The van der Waals surface area contributed by atoms with E-state index >= 15 is 0 Å². The maximum Gasteiger partial charge on any atom is 0.346 e. The van der Waals surface area contributed by atoms with Crippen molar-refractivity contribution in [1.29, 1.82) is 5.26 Å². The van der Waals surface area contributed by atoms with Crippen molar-refractivity contribution in [3.05, 3.63) is 199 Å². The lowest BCUT2D eigenvalue weighted by molar-refractivity contribution is -0.132. The maximum atomic E-state index is 11.7. The third-order valence-corrected chi connectivity index (χ3v) is 21.0. The molecule has 408 valence electrons. The molecule has 0 fully saturated rings. The molecule has 0 bridgehead atoms. The number of hydrogen-bond donors (Lipinski definition) is 1. The zero-order chi connectivity index (χ0) is 55.9. The van der Waals surface area contributed by atoms with Gasteiger partial charge in [0.05, 0.1) is 48.6 Å². The van der Waals surface area contributed by atoms with Crippen LogP contribution in [0.15, 0.2) is 194 Å². The first-order valence-electron chi connectivity index (χ1n) is 28.0. The molecule has 0 atom stereocenters. The summed E-state index contributed by atoms with van der Waals surface area (Å²) in [6.07, 6.45) is 10.2. The highest BCUT2D eigenvalue weighted by Gasteiger charge is 2.26. The molecular weight excluding hydrogens is 1110 g/mol. The van der Waals surface area contributed by atoms with Gasteiger partial charge in [0.2, 0.25) is 0 Å². The van der Waals surface area contributed by atoms with Gasteiger partial charge < -0.3 is 24.4 Å². The predicted octanol–water partition coefficient (Wildman–Crippen LogP) is 22.5. The molecule has 0 saturated heterocycles. The van der Waals surface area contributed by atoms with Crippen molar-refractivity contribution in [2.75, 3.05) is 23.0 Å². The highest BCUT2D eigenvalue weighted by atomic mass is 32.1. The number of unbranched alkanes of at least 4 members (excludes halogenated alkanes) is 6. The van der Waals surface area contributed by atoms with E-state index in [0.717, 1.165) is 156 Å². The summed E-state index contributed by atoms with van der Waals surface area (Å²) >= 11 is 8.50. The van der Waals surface area contributed by atoms with E-state index in [-0.39, 0.29) is 5.57 Å². The number of carboxylic acid groups (broad SMARTS) is 1. The van der Waals surface area contributed by atoms with Crippen LogP contribution in [0, 0.1) is 11.3 Å². The fraction of sp³-hybridized carbons (Fsp3) is 0.171. The third kappa shape index (κ3) is 11.4. The number of thiophene rings is 5. The molecule has 0 aliphatic heterocycles. The van der Waals surface area contributed by atoms with Crippen LogP contribution in [0.25, 0.3) is 76.4 Å². The summed E-state index contributed by atoms with van der Waals surface area (Å²) in [5.41, 5.74) is 7.00. The molecule has 0 unspecified atom stereocenters. The smallest absolute Gasteiger partial charge is 0.346 e. The first kappa shape index (κ1) is 54.6. The minimum absolute atomic E-state index is 0.273. The predicted molar refractivity (Wildman–Crippen MR) is 352 cm³/mol. The number of anilines is 6. The Labute approximate surface area is 498 Å². The number of rotatable bonds is 23. The molecule has 0 radical (unpaired) electrons. The van der Waals surface area contributed by atoms with Gasteiger partial charge in [0.25, 0.3) is 0 Å². The molecule has 1 N–H and O–H groups in total. The Bertz CT molecular complexity index is 4140. The van der Waals surface area contributed by atoms with Crippen LogP contribution in [0.2, 0.25) is 0 Å². The van der Waals surface area contributed by atoms with Crippen molar-refractivity contribution < 1.29 is 19.4 Å². The summed E-state index contributed by atoms with van der Waals surface area (Å²) in [5, 5.41) is 23.7. The van der Waals surface area contributed by atoms with Crippen molar-refractivity contribution in [3.8, 4) is 47.5 Å². The second-order valence-corrected chi connectivity index (χ2v) is 25.6. The number of ether oxygens (including phenoxy) is 2. The van der Waals surface area contributed by atoms with Crippen LogP contribution in [0.3, 0.4) is 0 Å². The van der Waals surface area contributed by atoms with Gasteiger partial charge in [0.1, 0.15) is 23.1 Å². The van der Waals surface area contributed by atoms with Crippen LogP contribution >= 0.6 is 56.7 Å². The highest BCUT2D eigenvalue weighted by Crippen LogP contribution is 2.55. The summed E-state index contributed by atoms with van der Waals surface area (Å²) in [6, 6.07) is 69.5. The van der Waals surface area contributed by atoms with E-state index in [1.54, 1.807) is 45.3 Å². The molecule has 0 aliphatic rings. The number of hydrogen-bond acceptors (Lipinski definition) is 11. The average molecular weight is 1170 g/mol. The van der Waals surface area contributed by atoms with E-state index in [4.69, 9.17) is 9.47 Å². The van der Waals surface area contributed by atoms with E-state index in [0.29, 0.717) is 13.2 Å². The van der Waals surface area contributed by atoms with Crippen LogP contribution in [-0.4, -0.2) is 24.3 Å². The Morgan fingerprint density at radius 1 is 0.500 bits per heavy atom. The van der Waals surface area contributed by atoms with Crippen LogP contribution in [0.5, 0.6) is 11.5 Å². The topological polar surface area (TPSA) is 86.0 Å². The van der Waals surface area contributed by atoms with Gasteiger partial charge in [0.15, 0.2) is 0 Å². The van der Waals surface area contributed by atoms with Crippen LogP contribution < -0.4 is 19.3 Å². The lowest BCUT2D eigenvalue weighted by Crippen LogP contribution is -2.14. The summed E-state index contributed by atoms with van der Waals surface area (Å²) < 4.78 is 18.5. The molecule has 12 rings (SSSR count). The van der Waals surface area contributed by atoms with E-state index in [1.165, 1.54) is 33.2 Å². The Balaban J connectivity index is 1.05. The van der Waals surface area contributed by atoms with Gasteiger partial charge in [-0.15, -0.1) is 56.7 Å². The number of nitrogens with zero attached hydrogens (tertiary/aromatic N) is 3. The van der Waals surface area contributed by atoms with Gasteiger partial charge >= 0.3 is 5.97 Å². The van der Waals surface area contributed by atoms with E-state index in [9.17, 15) is 15.2 Å². The van der Waals surface area contributed by atoms with Gasteiger partial charge in [-0.2, -0.15) is 5.26 Å². The zero-order valence-electron chi connectivity index (χ0n) is 45.6. The summed E-state index contributed by atoms with van der Waals surface area (Å²) in [4.78, 5) is 22.8. The fourth-order valence-electron chi connectivity index (χ4n) is 10.6. The summed E-state index contributed by atoms with van der Waals surface area (Å²) in [7, 11) is 0. The van der Waals surface area contributed by atoms with E-state index in [1.807, 2.05) is 12.1 Å². The molecule has 5 aromatic heterocycles. The van der Waals surface area contributed by atoms with Crippen molar-refractivity contribution in [1.82, 2.24) is 0 Å². The normalized spacial score (nSPS) is 11.7. The Kier molecular flexibility index (Phi) is 16.6. The molecular formula is C70H59N3O4S5. The monoisotopic (exact) mass is 1170 g/mol. The number of nitriles is 1. The molecule has 7 aromatic carbocycles. The number of aliphatic carboxylic acids is 1. The second kappa shape index (κ2) is 25.0. The number of carboxylic acids is 1. The standard InChI is InChI=1S/C70H59N3O4S5/c1-3-5-7-19-35-76-59-43-64(67-60(77-36-20-8-6-4-2)42-61(80-67)62-44-65-69(81-62)68-63(79-65)41-54(78-68)39-49(45-71)70(74)75)82-66(59)48-37-52(72(50-27-11-9-12-28-50)57-33-21-25-46-23-15-17-31-55(46)57)40-53(38-48)73(51-29-13-10-14-30-51)58-34-22-26-47-24-16-18-32-56(47)58/h9-18,21-34,37-44H,3-8,19-20,35-36H2,1-2H3,(H,74,75)/b49-39-. The van der Waals surface area contributed by atoms with Gasteiger partial charge in [-0.1, -0.05) is 162 Å². The fourth-order valence-corrected chi connectivity index (χ4v) is 17.0. The van der Waals surface area contributed by atoms with Crippen LogP contribution in [-0.2, 0) is 4.79 Å². The van der Waals surface area contributed by atoms with Crippen molar-refractivity contribution in [2.45, 2.75) is 65.2 Å². The van der Waals surface area contributed by atoms with E-state index in [2.05, 4.69) is 206 Å². The van der Waals surface area contributed by atoms with Crippen LogP contribution in [0.4, 0.5) is 34.1 Å². The molecule has 82 heavy (non-hydrogen) atoms.